The molecule has 0 spiro atoms. The molecule has 2 rings (SSSR count). The number of nitrogens with one attached hydrogen (secondary N) is 1. The smallest absolute Gasteiger partial charge is 0.317 e. The summed E-state index contributed by atoms with van der Waals surface area (Å²) in [5, 5.41) is 10.8. The zero-order valence-electron chi connectivity index (χ0n) is 11.3. The molecule has 1 aromatic heterocycles. The Morgan fingerprint density at radius 2 is 2.39 bits per heavy atom. The number of carbonyl (C=O) groups is 1. The summed E-state index contributed by atoms with van der Waals surface area (Å²) in [5.41, 5.74) is 0. The van der Waals surface area contributed by atoms with Crippen molar-refractivity contribution in [3.8, 4) is 0 Å². The molecule has 1 unspecified atom stereocenters. The lowest BCUT2D eigenvalue weighted by Gasteiger charge is -2.16. The fraction of sp³-hybridized carbons (Fsp3) is 0.750. The standard InChI is InChI=1S/C12H21N5O/c1-9(2)17-8-14-15-11(17)6-10-4-5-16(7-10)12(18)13-3/h8-10H,4-7H2,1-3H3,(H,13,18). The molecule has 1 saturated heterocycles. The summed E-state index contributed by atoms with van der Waals surface area (Å²) < 4.78 is 2.10. The normalized spacial score (nSPS) is 19.6. The maximum atomic E-state index is 11.5. The van der Waals surface area contributed by atoms with Crippen LogP contribution in [0.5, 0.6) is 0 Å². The Bertz CT molecular complexity index is 414. The highest BCUT2D eigenvalue weighted by Gasteiger charge is 2.27. The highest BCUT2D eigenvalue weighted by Crippen LogP contribution is 2.21. The van der Waals surface area contributed by atoms with Gasteiger partial charge in [-0.25, -0.2) is 4.79 Å². The number of rotatable bonds is 3. The summed E-state index contributed by atoms with van der Waals surface area (Å²) in [6.07, 6.45) is 3.72. The second-order valence-corrected chi connectivity index (χ2v) is 5.11. The van der Waals surface area contributed by atoms with Gasteiger partial charge in [-0.2, -0.15) is 0 Å². The molecule has 1 atom stereocenters. The zero-order chi connectivity index (χ0) is 13.1. The van der Waals surface area contributed by atoms with E-state index in [4.69, 9.17) is 0 Å². The maximum Gasteiger partial charge on any atom is 0.317 e. The second kappa shape index (κ2) is 5.37. The van der Waals surface area contributed by atoms with Crippen molar-refractivity contribution in [1.29, 1.82) is 0 Å². The number of carbonyl (C=O) groups excluding carboxylic acids is 1. The molecule has 100 valence electrons. The van der Waals surface area contributed by atoms with E-state index in [-0.39, 0.29) is 6.03 Å². The van der Waals surface area contributed by atoms with E-state index >= 15 is 0 Å². The van der Waals surface area contributed by atoms with E-state index in [2.05, 4.69) is 33.9 Å². The van der Waals surface area contributed by atoms with E-state index in [9.17, 15) is 4.79 Å². The lowest BCUT2D eigenvalue weighted by Crippen LogP contribution is -2.36. The highest BCUT2D eigenvalue weighted by molar-refractivity contribution is 5.74. The van der Waals surface area contributed by atoms with E-state index in [1.165, 1.54) is 0 Å². The Morgan fingerprint density at radius 1 is 1.61 bits per heavy atom. The molecule has 1 N–H and O–H groups in total. The summed E-state index contributed by atoms with van der Waals surface area (Å²) in [5.74, 6) is 1.51. The largest absolute Gasteiger partial charge is 0.341 e. The Labute approximate surface area is 107 Å². The minimum atomic E-state index is 0.0165. The summed E-state index contributed by atoms with van der Waals surface area (Å²) in [4.78, 5) is 13.4. The van der Waals surface area contributed by atoms with Gasteiger partial charge >= 0.3 is 6.03 Å². The first kappa shape index (κ1) is 12.9. The molecule has 1 aromatic rings. The minimum Gasteiger partial charge on any atom is -0.341 e. The predicted molar refractivity (Wildman–Crippen MR) is 68.2 cm³/mol. The molecule has 1 aliphatic heterocycles. The number of urea groups is 1. The monoisotopic (exact) mass is 251 g/mol. The number of likely N-dealkylation sites (tertiary alicyclic amines) is 1. The SMILES string of the molecule is CNC(=O)N1CCC(Cc2nncn2C(C)C)C1. The summed E-state index contributed by atoms with van der Waals surface area (Å²) in [6, 6.07) is 0.397. The van der Waals surface area contributed by atoms with E-state index in [0.29, 0.717) is 12.0 Å². The average Bonchev–Trinajstić information content (AvgIpc) is 2.97. The van der Waals surface area contributed by atoms with Crippen molar-refractivity contribution in [2.24, 2.45) is 5.92 Å². The molecule has 0 aromatic carbocycles. The molecule has 0 bridgehead atoms. The van der Waals surface area contributed by atoms with Crippen LogP contribution in [0.4, 0.5) is 4.79 Å². The van der Waals surface area contributed by atoms with E-state index in [1.54, 1.807) is 13.4 Å². The van der Waals surface area contributed by atoms with E-state index in [1.807, 2.05) is 4.90 Å². The number of hydrogen-bond donors (Lipinski definition) is 1. The van der Waals surface area contributed by atoms with Crippen LogP contribution in [-0.4, -0.2) is 45.8 Å². The average molecular weight is 251 g/mol. The number of hydrogen-bond acceptors (Lipinski definition) is 3. The fourth-order valence-electron chi connectivity index (χ4n) is 2.44. The lowest BCUT2D eigenvalue weighted by atomic mass is 10.0. The van der Waals surface area contributed by atoms with Gasteiger partial charge in [0.2, 0.25) is 0 Å². The summed E-state index contributed by atoms with van der Waals surface area (Å²) in [6.45, 7) is 5.89. The molecule has 18 heavy (non-hydrogen) atoms. The van der Waals surface area contributed by atoms with Gasteiger partial charge in [-0.15, -0.1) is 10.2 Å². The lowest BCUT2D eigenvalue weighted by molar-refractivity contribution is 0.209. The van der Waals surface area contributed by atoms with Gasteiger partial charge in [0.25, 0.3) is 0 Å². The van der Waals surface area contributed by atoms with Crippen LogP contribution in [0.1, 0.15) is 32.1 Å². The molecule has 0 radical (unpaired) electrons. The van der Waals surface area contributed by atoms with Crippen molar-refractivity contribution in [1.82, 2.24) is 25.0 Å². The van der Waals surface area contributed by atoms with Crippen LogP contribution in [0.25, 0.3) is 0 Å². The molecule has 2 heterocycles. The van der Waals surface area contributed by atoms with Crippen molar-refractivity contribution >= 4 is 6.03 Å². The molecular weight excluding hydrogens is 230 g/mol. The predicted octanol–water partition coefficient (Wildman–Crippen LogP) is 1.06. The first-order chi connectivity index (χ1) is 8.61. The van der Waals surface area contributed by atoms with Crippen LogP contribution in [0.15, 0.2) is 6.33 Å². The molecule has 2 amide bonds. The topological polar surface area (TPSA) is 63.1 Å². The van der Waals surface area contributed by atoms with Gasteiger partial charge in [-0.3, -0.25) is 0 Å². The Hall–Kier alpha value is -1.59. The van der Waals surface area contributed by atoms with E-state index in [0.717, 1.165) is 31.8 Å². The summed E-state index contributed by atoms with van der Waals surface area (Å²) >= 11 is 0. The van der Waals surface area contributed by atoms with Gasteiger partial charge in [0, 0.05) is 32.6 Å². The maximum absolute atomic E-state index is 11.5. The Kier molecular flexibility index (Phi) is 3.84. The molecule has 0 saturated carbocycles. The quantitative estimate of drug-likeness (QED) is 0.873. The second-order valence-electron chi connectivity index (χ2n) is 5.11. The Morgan fingerprint density at radius 3 is 3.06 bits per heavy atom. The van der Waals surface area contributed by atoms with Crippen LogP contribution in [0.2, 0.25) is 0 Å². The van der Waals surface area contributed by atoms with Crippen LogP contribution >= 0.6 is 0 Å². The van der Waals surface area contributed by atoms with Crippen molar-refractivity contribution in [3.05, 3.63) is 12.2 Å². The highest BCUT2D eigenvalue weighted by atomic mass is 16.2. The first-order valence-electron chi connectivity index (χ1n) is 6.46. The summed E-state index contributed by atoms with van der Waals surface area (Å²) in [7, 11) is 1.67. The fourth-order valence-corrected chi connectivity index (χ4v) is 2.44. The first-order valence-corrected chi connectivity index (χ1v) is 6.46. The van der Waals surface area contributed by atoms with Gasteiger partial charge in [-0.05, 0) is 26.2 Å². The third-order valence-electron chi connectivity index (χ3n) is 3.46. The molecular formula is C12H21N5O. The molecule has 1 aliphatic rings. The van der Waals surface area contributed by atoms with Crippen LogP contribution in [-0.2, 0) is 6.42 Å². The third kappa shape index (κ3) is 2.63. The van der Waals surface area contributed by atoms with Crippen LogP contribution in [0.3, 0.4) is 0 Å². The molecule has 6 heteroatoms. The van der Waals surface area contributed by atoms with Gasteiger partial charge in [0.1, 0.15) is 12.2 Å². The third-order valence-corrected chi connectivity index (χ3v) is 3.46. The van der Waals surface area contributed by atoms with Crippen molar-refractivity contribution in [2.45, 2.75) is 32.7 Å². The van der Waals surface area contributed by atoms with Crippen molar-refractivity contribution < 1.29 is 4.79 Å². The van der Waals surface area contributed by atoms with Gasteiger partial charge in [0.15, 0.2) is 0 Å². The van der Waals surface area contributed by atoms with Crippen LogP contribution in [0, 0.1) is 5.92 Å². The zero-order valence-corrected chi connectivity index (χ0v) is 11.3. The van der Waals surface area contributed by atoms with E-state index < -0.39 is 0 Å². The number of aromatic nitrogens is 3. The van der Waals surface area contributed by atoms with Gasteiger partial charge in [-0.1, -0.05) is 0 Å². The van der Waals surface area contributed by atoms with Gasteiger partial charge in [0.05, 0.1) is 0 Å². The minimum absolute atomic E-state index is 0.0165. The number of amides is 2. The molecule has 0 aliphatic carbocycles. The number of nitrogens with zero attached hydrogens (tertiary/aromatic N) is 4. The van der Waals surface area contributed by atoms with Gasteiger partial charge < -0.3 is 14.8 Å². The van der Waals surface area contributed by atoms with Crippen molar-refractivity contribution in [3.63, 3.8) is 0 Å². The molecule has 6 nitrogen and oxygen atoms in total. The molecule has 1 fully saturated rings. The van der Waals surface area contributed by atoms with Crippen molar-refractivity contribution in [2.75, 3.05) is 20.1 Å². The van der Waals surface area contributed by atoms with Crippen LogP contribution < -0.4 is 5.32 Å². The Balaban J connectivity index is 1.95.